The molecule has 1 heterocycles. The smallest absolute Gasteiger partial charge is 0.216 e. The maximum absolute atomic E-state index is 12.3. The highest BCUT2D eigenvalue weighted by Crippen LogP contribution is 2.27. The van der Waals surface area contributed by atoms with Crippen molar-refractivity contribution in [2.24, 2.45) is 5.92 Å². The maximum Gasteiger partial charge on any atom is 0.216 e. The largest absolute Gasteiger partial charge is 0.384 e. The van der Waals surface area contributed by atoms with Gasteiger partial charge < -0.3 is 5.32 Å². The lowest BCUT2D eigenvalue weighted by atomic mass is 9.86. The lowest BCUT2D eigenvalue weighted by Gasteiger charge is -2.31. The Morgan fingerprint density at radius 2 is 1.81 bits per heavy atom. The highest BCUT2D eigenvalue weighted by molar-refractivity contribution is 7.90. The van der Waals surface area contributed by atoms with Gasteiger partial charge in [0.25, 0.3) is 0 Å². The van der Waals surface area contributed by atoms with E-state index in [2.05, 4.69) is 27.2 Å². The molecule has 0 spiro atoms. The van der Waals surface area contributed by atoms with Gasteiger partial charge >= 0.3 is 0 Å². The minimum atomic E-state index is -3.26. The second-order valence-electron chi connectivity index (χ2n) is 8.25. The molecule has 1 fully saturated rings. The number of hydrogen-bond acceptors (Lipinski definition) is 4. The van der Waals surface area contributed by atoms with Gasteiger partial charge in [-0.05, 0) is 64.5 Å². The van der Waals surface area contributed by atoms with Crippen LogP contribution < -0.4 is 10.0 Å². The van der Waals surface area contributed by atoms with Crippen molar-refractivity contribution in [1.29, 1.82) is 0 Å². The summed E-state index contributed by atoms with van der Waals surface area (Å²) in [6.45, 7) is 6.12. The fourth-order valence-electron chi connectivity index (χ4n) is 3.31. The monoisotopic (exact) mass is 375 g/mol. The van der Waals surface area contributed by atoms with Gasteiger partial charge in [-0.2, -0.15) is 0 Å². The van der Waals surface area contributed by atoms with Crippen molar-refractivity contribution in [2.45, 2.75) is 57.2 Å². The molecular formula is C20H29N3O2S. The van der Waals surface area contributed by atoms with Gasteiger partial charge in [0.1, 0.15) is 0 Å². The molecule has 142 valence electrons. The van der Waals surface area contributed by atoms with Crippen LogP contribution in [0.1, 0.15) is 46.5 Å². The van der Waals surface area contributed by atoms with Crippen LogP contribution in [0.15, 0.2) is 36.5 Å². The van der Waals surface area contributed by atoms with Gasteiger partial charge in [0.15, 0.2) is 0 Å². The Kier molecular flexibility index (Phi) is 5.53. The van der Waals surface area contributed by atoms with E-state index in [4.69, 9.17) is 0 Å². The summed E-state index contributed by atoms with van der Waals surface area (Å²) in [5.74, 6) is 0.567. The molecule has 0 bridgehead atoms. The van der Waals surface area contributed by atoms with E-state index < -0.39 is 14.8 Å². The third-order valence-electron chi connectivity index (χ3n) is 5.16. The van der Waals surface area contributed by atoms with Crippen molar-refractivity contribution >= 4 is 26.6 Å². The van der Waals surface area contributed by atoms with Crippen molar-refractivity contribution in [1.82, 2.24) is 9.71 Å². The van der Waals surface area contributed by atoms with Crippen LogP contribution in [0.25, 0.3) is 10.9 Å². The molecule has 1 aliphatic carbocycles. The van der Waals surface area contributed by atoms with Gasteiger partial charge in [0, 0.05) is 18.0 Å². The Bertz CT molecular complexity index is 851. The number of pyridine rings is 1. The van der Waals surface area contributed by atoms with Crippen molar-refractivity contribution < 1.29 is 8.42 Å². The van der Waals surface area contributed by atoms with E-state index in [1.165, 1.54) is 0 Å². The van der Waals surface area contributed by atoms with E-state index in [0.29, 0.717) is 5.92 Å². The Morgan fingerprint density at radius 1 is 1.12 bits per heavy atom. The molecular weight excluding hydrogens is 346 g/mol. The summed E-state index contributed by atoms with van der Waals surface area (Å²) < 4.78 is 26.7. The number of sulfonamides is 1. The predicted octanol–water partition coefficient (Wildman–Crippen LogP) is 3.92. The van der Waals surface area contributed by atoms with Crippen LogP contribution in [-0.4, -0.2) is 30.7 Å². The summed E-state index contributed by atoms with van der Waals surface area (Å²) >= 11 is 0. The fourth-order valence-corrected chi connectivity index (χ4v) is 4.34. The average Bonchev–Trinajstić information content (AvgIpc) is 2.60. The zero-order valence-electron chi connectivity index (χ0n) is 15.8. The molecule has 0 amide bonds. The zero-order chi connectivity index (χ0) is 18.8. The molecule has 5 nitrogen and oxygen atoms in total. The fraction of sp³-hybridized carbons (Fsp3) is 0.550. The molecule has 1 saturated carbocycles. The SMILES string of the molecule is CC(C)(C)S(=O)(=O)NC1CCC(CNc2cnc3ccccc3c2)CC1. The molecule has 1 aromatic heterocycles. The maximum atomic E-state index is 12.3. The summed E-state index contributed by atoms with van der Waals surface area (Å²) in [5, 5.41) is 4.63. The number of hydrogen-bond donors (Lipinski definition) is 2. The van der Waals surface area contributed by atoms with Gasteiger partial charge in [-0.3, -0.25) is 4.98 Å². The first kappa shape index (κ1) is 19.1. The predicted molar refractivity (Wildman–Crippen MR) is 108 cm³/mol. The van der Waals surface area contributed by atoms with Crippen LogP contribution in [0.5, 0.6) is 0 Å². The van der Waals surface area contributed by atoms with Gasteiger partial charge in [0.2, 0.25) is 10.0 Å². The van der Waals surface area contributed by atoms with E-state index in [0.717, 1.165) is 48.8 Å². The van der Waals surface area contributed by atoms with Crippen LogP contribution in [0.3, 0.4) is 0 Å². The Morgan fingerprint density at radius 3 is 2.50 bits per heavy atom. The Hall–Kier alpha value is -1.66. The van der Waals surface area contributed by atoms with E-state index >= 15 is 0 Å². The number of para-hydroxylation sites is 1. The number of benzene rings is 1. The molecule has 0 atom stereocenters. The summed E-state index contributed by atoms with van der Waals surface area (Å²) in [4.78, 5) is 4.48. The molecule has 0 radical (unpaired) electrons. The topological polar surface area (TPSA) is 71.1 Å². The summed E-state index contributed by atoms with van der Waals surface area (Å²) in [5.41, 5.74) is 2.05. The van der Waals surface area contributed by atoms with Crippen LogP contribution in [0.4, 0.5) is 5.69 Å². The third kappa shape index (κ3) is 4.54. The first-order chi connectivity index (χ1) is 12.2. The number of aromatic nitrogens is 1. The van der Waals surface area contributed by atoms with Gasteiger partial charge in [0.05, 0.1) is 22.1 Å². The highest BCUT2D eigenvalue weighted by Gasteiger charge is 2.32. The van der Waals surface area contributed by atoms with Crippen molar-refractivity contribution in [3.05, 3.63) is 36.5 Å². The van der Waals surface area contributed by atoms with E-state index in [-0.39, 0.29) is 6.04 Å². The quantitative estimate of drug-likeness (QED) is 0.831. The second-order valence-corrected chi connectivity index (χ2v) is 10.7. The number of anilines is 1. The Balaban J connectivity index is 1.49. The molecule has 0 unspecified atom stereocenters. The number of nitrogens with one attached hydrogen (secondary N) is 2. The molecule has 1 aliphatic rings. The second kappa shape index (κ2) is 7.53. The summed E-state index contributed by atoms with van der Waals surface area (Å²) in [7, 11) is -3.26. The molecule has 2 aromatic rings. The van der Waals surface area contributed by atoms with E-state index in [1.54, 1.807) is 20.8 Å². The van der Waals surface area contributed by atoms with Crippen molar-refractivity contribution in [3.63, 3.8) is 0 Å². The summed E-state index contributed by atoms with van der Waals surface area (Å²) in [6, 6.07) is 10.3. The standard InChI is InChI=1S/C20H29N3O2S/c1-20(2,3)26(24,25)23-17-10-8-15(9-11-17)13-21-18-12-16-6-4-5-7-19(16)22-14-18/h4-7,12,14-15,17,21,23H,8-11,13H2,1-3H3. The number of nitrogens with zero attached hydrogens (tertiary/aromatic N) is 1. The molecule has 2 N–H and O–H groups in total. The summed E-state index contributed by atoms with van der Waals surface area (Å²) in [6.07, 6.45) is 5.75. The number of rotatable bonds is 5. The van der Waals surface area contributed by atoms with Gasteiger partial charge in [-0.25, -0.2) is 13.1 Å². The third-order valence-corrected chi connectivity index (χ3v) is 7.42. The normalized spacial score (nSPS) is 21.7. The van der Waals surface area contributed by atoms with Crippen LogP contribution in [0.2, 0.25) is 0 Å². The lowest BCUT2D eigenvalue weighted by Crippen LogP contribution is -2.46. The molecule has 0 aliphatic heterocycles. The van der Waals surface area contributed by atoms with Crippen LogP contribution in [0, 0.1) is 5.92 Å². The average molecular weight is 376 g/mol. The van der Waals surface area contributed by atoms with Gasteiger partial charge in [-0.1, -0.05) is 18.2 Å². The van der Waals surface area contributed by atoms with Gasteiger partial charge in [-0.15, -0.1) is 0 Å². The zero-order valence-corrected chi connectivity index (χ0v) is 16.6. The molecule has 26 heavy (non-hydrogen) atoms. The first-order valence-electron chi connectivity index (χ1n) is 9.35. The number of fused-ring (bicyclic) bond motifs is 1. The van der Waals surface area contributed by atoms with E-state index in [1.807, 2.05) is 24.4 Å². The van der Waals surface area contributed by atoms with Crippen molar-refractivity contribution in [2.75, 3.05) is 11.9 Å². The van der Waals surface area contributed by atoms with Crippen molar-refractivity contribution in [3.8, 4) is 0 Å². The molecule has 6 heteroatoms. The Labute approximate surface area is 156 Å². The van der Waals surface area contributed by atoms with Crippen LogP contribution >= 0.6 is 0 Å². The highest BCUT2D eigenvalue weighted by atomic mass is 32.2. The molecule has 0 saturated heterocycles. The lowest BCUT2D eigenvalue weighted by molar-refractivity contribution is 0.322. The minimum absolute atomic E-state index is 0.0674. The van der Waals surface area contributed by atoms with E-state index in [9.17, 15) is 8.42 Å². The first-order valence-corrected chi connectivity index (χ1v) is 10.8. The molecule has 3 rings (SSSR count). The minimum Gasteiger partial charge on any atom is -0.384 e. The van der Waals surface area contributed by atoms with Crippen LogP contribution in [-0.2, 0) is 10.0 Å². The molecule has 1 aromatic carbocycles.